The number of piperidine rings is 1. The highest BCUT2D eigenvalue weighted by molar-refractivity contribution is 9.10. The zero-order chi connectivity index (χ0) is 10.7. The van der Waals surface area contributed by atoms with E-state index in [4.69, 9.17) is 0 Å². The van der Waals surface area contributed by atoms with Crippen molar-refractivity contribution in [1.29, 1.82) is 0 Å². The first-order chi connectivity index (χ1) is 7.20. The van der Waals surface area contributed by atoms with Gasteiger partial charge >= 0.3 is 0 Å². The van der Waals surface area contributed by atoms with Crippen molar-refractivity contribution in [3.8, 4) is 0 Å². The minimum Gasteiger partial charge on any atom is -0.311 e. The van der Waals surface area contributed by atoms with Crippen LogP contribution in [0.5, 0.6) is 0 Å². The second-order valence-electron chi connectivity index (χ2n) is 4.71. The van der Waals surface area contributed by atoms with Gasteiger partial charge in [-0.15, -0.1) is 0 Å². The monoisotopic (exact) mass is 267 g/mol. The van der Waals surface area contributed by atoms with Gasteiger partial charge in [-0.3, -0.25) is 0 Å². The van der Waals surface area contributed by atoms with Gasteiger partial charge in [-0.2, -0.15) is 0 Å². The van der Waals surface area contributed by atoms with Crippen molar-refractivity contribution >= 4 is 15.9 Å². The van der Waals surface area contributed by atoms with Gasteiger partial charge in [-0.25, -0.2) is 0 Å². The highest BCUT2D eigenvalue weighted by atomic mass is 79.9. The number of hydrogen-bond acceptors (Lipinski definition) is 1. The van der Waals surface area contributed by atoms with Crippen LogP contribution in [0.4, 0.5) is 0 Å². The number of benzene rings is 1. The minimum atomic E-state index is 0.294. The topological polar surface area (TPSA) is 12.0 Å². The van der Waals surface area contributed by atoms with Crippen LogP contribution >= 0.6 is 15.9 Å². The first-order valence-electron chi connectivity index (χ1n) is 5.68. The lowest BCUT2D eigenvalue weighted by molar-refractivity contribution is 0.276. The molecule has 1 fully saturated rings. The molecule has 1 saturated heterocycles. The SMILES string of the molecule is CC1(Cc2ccccc2Br)CCCCN1. The van der Waals surface area contributed by atoms with E-state index < -0.39 is 0 Å². The Morgan fingerprint density at radius 3 is 2.80 bits per heavy atom. The zero-order valence-electron chi connectivity index (χ0n) is 9.22. The minimum absolute atomic E-state index is 0.294. The second kappa shape index (κ2) is 4.67. The van der Waals surface area contributed by atoms with E-state index in [9.17, 15) is 0 Å². The molecule has 0 bridgehead atoms. The van der Waals surface area contributed by atoms with E-state index >= 15 is 0 Å². The van der Waals surface area contributed by atoms with Crippen molar-refractivity contribution in [1.82, 2.24) is 5.32 Å². The summed E-state index contributed by atoms with van der Waals surface area (Å²) in [6.07, 6.45) is 5.09. The highest BCUT2D eigenvalue weighted by Gasteiger charge is 2.26. The van der Waals surface area contributed by atoms with E-state index in [0.29, 0.717) is 5.54 Å². The molecular weight excluding hydrogens is 250 g/mol. The molecule has 0 aromatic heterocycles. The standard InChI is InChI=1S/C13H18BrN/c1-13(8-4-5-9-15-13)10-11-6-2-3-7-12(11)14/h2-3,6-7,15H,4-5,8-10H2,1H3. The fourth-order valence-corrected chi connectivity index (χ4v) is 2.76. The van der Waals surface area contributed by atoms with Crippen LogP contribution in [-0.2, 0) is 6.42 Å². The molecule has 0 radical (unpaired) electrons. The molecule has 1 N–H and O–H groups in total. The summed E-state index contributed by atoms with van der Waals surface area (Å²) in [7, 11) is 0. The molecule has 1 heterocycles. The third kappa shape index (κ3) is 2.82. The molecule has 0 spiro atoms. The number of rotatable bonds is 2. The normalized spacial score (nSPS) is 26.5. The van der Waals surface area contributed by atoms with Crippen LogP contribution in [0, 0.1) is 0 Å². The van der Waals surface area contributed by atoms with Gasteiger partial charge in [-0.1, -0.05) is 40.5 Å². The summed E-state index contributed by atoms with van der Waals surface area (Å²) < 4.78 is 1.23. The predicted octanol–water partition coefficient (Wildman–Crippen LogP) is 3.52. The first-order valence-corrected chi connectivity index (χ1v) is 6.47. The van der Waals surface area contributed by atoms with Crippen molar-refractivity contribution < 1.29 is 0 Å². The van der Waals surface area contributed by atoms with E-state index in [-0.39, 0.29) is 0 Å². The quantitative estimate of drug-likeness (QED) is 0.865. The smallest absolute Gasteiger partial charge is 0.0207 e. The molecule has 0 saturated carbocycles. The van der Waals surface area contributed by atoms with Crippen LogP contribution in [-0.4, -0.2) is 12.1 Å². The van der Waals surface area contributed by atoms with Gasteiger partial charge in [0.1, 0.15) is 0 Å². The maximum Gasteiger partial charge on any atom is 0.0207 e. The van der Waals surface area contributed by atoms with Gasteiger partial charge in [0.05, 0.1) is 0 Å². The van der Waals surface area contributed by atoms with E-state index in [1.807, 2.05) is 0 Å². The lowest BCUT2D eigenvalue weighted by atomic mass is 9.85. The molecule has 1 aliphatic heterocycles. The van der Waals surface area contributed by atoms with Crippen LogP contribution in [0.1, 0.15) is 31.7 Å². The summed E-state index contributed by atoms with van der Waals surface area (Å²) in [6, 6.07) is 8.53. The lowest BCUT2D eigenvalue weighted by Gasteiger charge is -2.35. The number of nitrogens with one attached hydrogen (secondary N) is 1. The van der Waals surface area contributed by atoms with Crippen LogP contribution in [0.15, 0.2) is 28.7 Å². The maximum absolute atomic E-state index is 3.65. The van der Waals surface area contributed by atoms with E-state index in [0.717, 1.165) is 6.42 Å². The molecule has 1 atom stereocenters. The summed E-state index contributed by atoms with van der Waals surface area (Å²) in [6.45, 7) is 3.51. The highest BCUT2D eigenvalue weighted by Crippen LogP contribution is 2.26. The van der Waals surface area contributed by atoms with Crippen molar-refractivity contribution in [3.63, 3.8) is 0 Å². The Bertz CT molecular complexity index is 329. The van der Waals surface area contributed by atoms with E-state index in [1.54, 1.807) is 0 Å². The third-order valence-corrected chi connectivity index (χ3v) is 4.02. The molecule has 1 aliphatic rings. The second-order valence-corrected chi connectivity index (χ2v) is 5.57. The Labute approximate surface area is 100 Å². The fourth-order valence-electron chi connectivity index (χ4n) is 2.33. The molecule has 1 aromatic carbocycles. The number of hydrogen-bond donors (Lipinski definition) is 1. The summed E-state index contributed by atoms with van der Waals surface area (Å²) >= 11 is 3.62. The molecule has 1 unspecified atom stereocenters. The molecule has 2 rings (SSSR count). The van der Waals surface area contributed by atoms with Gasteiger partial charge in [0, 0.05) is 10.0 Å². The van der Waals surface area contributed by atoms with Crippen LogP contribution < -0.4 is 5.32 Å². The zero-order valence-corrected chi connectivity index (χ0v) is 10.8. The summed E-state index contributed by atoms with van der Waals surface area (Å²) in [4.78, 5) is 0. The molecule has 0 amide bonds. The van der Waals surface area contributed by atoms with E-state index in [1.165, 1.54) is 35.8 Å². The lowest BCUT2D eigenvalue weighted by Crippen LogP contribution is -2.47. The molecule has 15 heavy (non-hydrogen) atoms. The van der Waals surface area contributed by atoms with Crippen LogP contribution in [0.2, 0.25) is 0 Å². The summed E-state index contributed by atoms with van der Waals surface area (Å²) in [5, 5.41) is 3.65. The predicted molar refractivity (Wildman–Crippen MR) is 68.1 cm³/mol. The first kappa shape index (κ1) is 11.2. The number of halogens is 1. The third-order valence-electron chi connectivity index (χ3n) is 3.25. The average molecular weight is 268 g/mol. The van der Waals surface area contributed by atoms with Crippen molar-refractivity contribution in [2.45, 2.75) is 38.1 Å². The molecule has 82 valence electrons. The molecule has 1 nitrogen and oxygen atoms in total. The maximum atomic E-state index is 3.65. The Morgan fingerprint density at radius 2 is 2.13 bits per heavy atom. The average Bonchev–Trinajstić information content (AvgIpc) is 2.22. The summed E-state index contributed by atoms with van der Waals surface area (Å²) in [5.74, 6) is 0. The van der Waals surface area contributed by atoms with Gasteiger partial charge < -0.3 is 5.32 Å². The largest absolute Gasteiger partial charge is 0.311 e. The molecule has 1 aromatic rings. The Morgan fingerprint density at radius 1 is 1.33 bits per heavy atom. The van der Waals surface area contributed by atoms with Gasteiger partial charge in [0.25, 0.3) is 0 Å². The fraction of sp³-hybridized carbons (Fsp3) is 0.538. The molecule has 0 aliphatic carbocycles. The van der Waals surface area contributed by atoms with Crippen LogP contribution in [0.25, 0.3) is 0 Å². The van der Waals surface area contributed by atoms with Crippen molar-refractivity contribution in [2.75, 3.05) is 6.54 Å². The van der Waals surface area contributed by atoms with Crippen molar-refractivity contribution in [2.24, 2.45) is 0 Å². The van der Waals surface area contributed by atoms with Crippen molar-refractivity contribution in [3.05, 3.63) is 34.3 Å². The van der Waals surface area contributed by atoms with Gasteiger partial charge in [0.15, 0.2) is 0 Å². The van der Waals surface area contributed by atoms with Gasteiger partial charge in [-0.05, 0) is 44.4 Å². The Hall–Kier alpha value is -0.340. The van der Waals surface area contributed by atoms with E-state index in [2.05, 4.69) is 52.4 Å². The van der Waals surface area contributed by atoms with Gasteiger partial charge in [0.2, 0.25) is 0 Å². The Balaban J connectivity index is 2.10. The molecule has 2 heteroatoms. The summed E-state index contributed by atoms with van der Waals surface area (Å²) in [5.41, 5.74) is 1.71. The van der Waals surface area contributed by atoms with Crippen LogP contribution in [0.3, 0.4) is 0 Å². The Kier molecular flexibility index (Phi) is 3.47. The molecular formula is C13H18BrN.